The average Bonchev–Trinajstić information content (AvgIpc) is 3.58. The highest BCUT2D eigenvalue weighted by Crippen LogP contribution is 2.39. The minimum absolute atomic E-state index is 0.0949. The van der Waals surface area contributed by atoms with E-state index in [1.165, 1.54) is 12.1 Å². The minimum atomic E-state index is -0.383. The number of rotatable bonds is 8. The van der Waals surface area contributed by atoms with Gasteiger partial charge in [-0.05, 0) is 58.7 Å². The molecule has 2 aliphatic rings. The first-order valence-corrected chi connectivity index (χ1v) is 14.8. The molecule has 2 aliphatic heterocycles. The SMILES string of the molecule is CC1CN(C(=O)c2ccc3c(c2)CN(c2ccc(OCc4ccccc4)nc2OCc2ccccc2)C3=O)c2cc(F)ccc21. The minimum Gasteiger partial charge on any atom is -0.473 e. The van der Waals surface area contributed by atoms with E-state index < -0.39 is 0 Å². The van der Waals surface area contributed by atoms with Crippen LogP contribution in [0.5, 0.6) is 11.8 Å². The first-order valence-electron chi connectivity index (χ1n) is 14.8. The van der Waals surface area contributed by atoms with E-state index in [9.17, 15) is 14.0 Å². The number of ether oxygens (including phenoxy) is 2. The lowest BCUT2D eigenvalue weighted by Crippen LogP contribution is -2.29. The van der Waals surface area contributed by atoms with E-state index in [1.54, 1.807) is 46.2 Å². The fourth-order valence-corrected chi connectivity index (χ4v) is 5.90. The summed E-state index contributed by atoms with van der Waals surface area (Å²) >= 11 is 0. The van der Waals surface area contributed by atoms with Gasteiger partial charge in [-0.15, -0.1) is 0 Å². The maximum atomic E-state index is 14.1. The van der Waals surface area contributed by atoms with Crippen molar-refractivity contribution in [2.45, 2.75) is 32.6 Å². The van der Waals surface area contributed by atoms with Crippen molar-refractivity contribution >= 4 is 23.2 Å². The summed E-state index contributed by atoms with van der Waals surface area (Å²) in [6.07, 6.45) is 0. The van der Waals surface area contributed by atoms with Crippen molar-refractivity contribution in [2.24, 2.45) is 0 Å². The molecule has 0 spiro atoms. The molecule has 1 unspecified atom stereocenters. The lowest BCUT2D eigenvalue weighted by atomic mass is 10.0. The van der Waals surface area contributed by atoms with Crippen LogP contribution >= 0.6 is 0 Å². The molecular weight excluding hydrogens is 569 g/mol. The van der Waals surface area contributed by atoms with Gasteiger partial charge in [0.1, 0.15) is 24.7 Å². The van der Waals surface area contributed by atoms with Gasteiger partial charge in [-0.25, -0.2) is 4.39 Å². The summed E-state index contributed by atoms with van der Waals surface area (Å²) in [6.45, 7) is 3.32. The largest absolute Gasteiger partial charge is 0.473 e. The van der Waals surface area contributed by atoms with E-state index in [2.05, 4.69) is 4.98 Å². The van der Waals surface area contributed by atoms with Gasteiger partial charge in [-0.1, -0.05) is 73.7 Å². The summed E-state index contributed by atoms with van der Waals surface area (Å²) < 4.78 is 26.2. The third kappa shape index (κ3) is 5.62. The number of amides is 2. The van der Waals surface area contributed by atoms with Crippen LogP contribution in [0, 0.1) is 5.82 Å². The van der Waals surface area contributed by atoms with Gasteiger partial charge in [0.2, 0.25) is 11.8 Å². The van der Waals surface area contributed by atoms with Crippen LogP contribution in [-0.4, -0.2) is 23.3 Å². The van der Waals surface area contributed by atoms with Crippen molar-refractivity contribution in [1.29, 1.82) is 0 Å². The quantitative estimate of drug-likeness (QED) is 0.187. The van der Waals surface area contributed by atoms with Crippen molar-refractivity contribution in [2.75, 3.05) is 16.3 Å². The molecule has 2 amide bonds. The summed E-state index contributed by atoms with van der Waals surface area (Å²) in [7, 11) is 0. The van der Waals surface area contributed by atoms with Crippen molar-refractivity contribution < 1.29 is 23.5 Å². The number of carbonyl (C=O) groups is 2. The highest BCUT2D eigenvalue weighted by atomic mass is 19.1. The molecule has 0 fully saturated rings. The molecule has 3 heterocycles. The number of pyridine rings is 1. The number of fused-ring (bicyclic) bond motifs is 2. The Kier molecular flexibility index (Phi) is 7.47. The lowest BCUT2D eigenvalue weighted by Gasteiger charge is -2.20. The summed E-state index contributed by atoms with van der Waals surface area (Å²) in [5.74, 6) is -0.0848. The second-order valence-corrected chi connectivity index (χ2v) is 11.3. The molecule has 0 radical (unpaired) electrons. The number of aromatic nitrogens is 1. The number of halogens is 1. The van der Waals surface area contributed by atoms with E-state index in [4.69, 9.17) is 9.47 Å². The van der Waals surface area contributed by atoms with Crippen molar-refractivity contribution in [3.8, 4) is 11.8 Å². The molecule has 7 nitrogen and oxygen atoms in total. The van der Waals surface area contributed by atoms with Crippen LogP contribution in [0.2, 0.25) is 0 Å². The monoisotopic (exact) mass is 599 g/mol. The highest BCUT2D eigenvalue weighted by molar-refractivity contribution is 6.12. The average molecular weight is 600 g/mol. The molecule has 5 aromatic rings. The Morgan fingerprint density at radius 1 is 0.844 bits per heavy atom. The molecule has 7 rings (SSSR count). The third-order valence-corrected chi connectivity index (χ3v) is 8.23. The molecule has 45 heavy (non-hydrogen) atoms. The molecule has 0 aliphatic carbocycles. The molecule has 1 aromatic heterocycles. The van der Waals surface area contributed by atoms with Gasteiger partial charge in [-0.2, -0.15) is 4.98 Å². The maximum absolute atomic E-state index is 14.1. The van der Waals surface area contributed by atoms with Crippen LogP contribution in [0.3, 0.4) is 0 Å². The zero-order valence-electron chi connectivity index (χ0n) is 24.7. The molecule has 0 saturated carbocycles. The van der Waals surface area contributed by atoms with Crippen LogP contribution in [-0.2, 0) is 19.8 Å². The van der Waals surface area contributed by atoms with Gasteiger partial charge < -0.3 is 14.4 Å². The van der Waals surface area contributed by atoms with Crippen LogP contribution in [0.25, 0.3) is 0 Å². The molecule has 4 aromatic carbocycles. The van der Waals surface area contributed by atoms with Crippen LogP contribution in [0.15, 0.2) is 109 Å². The topological polar surface area (TPSA) is 72.0 Å². The molecule has 0 bridgehead atoms. The fraction of sp³-hybridized carbons (Fsp3) is 0.162. The Bertz CT molecular complexity index is 1900. The van der Waals surface area contributed by atoms with Gasteiger partial charge in [-0.3, -0.25) is 14.5 Å². The van der Waals surface area contributed by atoms with E-state index in [0.29, 0.717) is 41.5 Å². The smallest absolute Gasteiger partial charge is 0.259 e. The first kappa shape index (κ1) is 28.3. The van der Waals surface area contributed by atoms with E-state index in [1.807, 2.05) is 67.6 Å². The van der Waals surface area contributed by atoms with E-state index in [-0.39, 0.29) is 42.6 Å². The number of nitrogens with zero attached hydrogens (tertiary/aromatic N) is 3. The van der Waals surface area contributed by atoms with Gasteiger partial charge in [0.05, 0.1) is 12.2 Å². The van der Waals surface area contributed by atoms with Gasteiger partial charge >= 0.3 is 0 Å². The Hall–Kier alpha value is -5.50. The van der Waals surface area contributed by atoms with Gasteiger partial charge in [0.25, 0.3) is 11.8 Å². The number of hydrogen-bond donors (Lipinski definition) is 0. The summed E-state index contributed by atoms with van der Waals surface area (Å²) in [5.41, 5.74) is 5.66. The third-order valence-electron chi connectivity index (χ3n) is 8.23. The summed E-state index contributed by atoms with van der Waals surface area (Å²) in [6, 6.07) is 32.7. The lowest BCUT2D eigenvalue weighted by molar-refractivity contribution is 0.0981. The highest BCUT2D eigenvalue weighted by Gasteiger charge is 2.34. The molecule has 8 heteroatoms. The van der Waals surface area contributed by atoms with E-state index >= 15 is 0 Å². The zero-order valence-corrected chi connectivity index (χ0v) is 24.7. The number of hydrogen-bond acceptors (Lipinski definition) is 5. The van der Waals surface area contributed by atoms with Crippen molar-refractivity contribution in [3.63, 3.8) is 0 Å². The predicted molar refractivity (Wildman–Crippen MR) is 169 cm³/mol. The van der Waals surface area contributed by atoms with Crippen LogP contribution in [0.4, 0.5) is 15.8 Å². The normalized spacial score (nSPS) is 15.2. The Morgan fingerprint density at radius 3 is 2.29 bits per heavy atom. The number of benzene rings is 4. The molecule has 1 atom stereocenters. The Morgan fingerprint density at radius 2 is 1.56 bits per heavy atom. The molecule has 0 N–H and O–H groups in total. The second kappa shape index (κ2) is 11.9. The molecular formula is C37H30FN3O4. The maximum Gasteiger partial charge on any atom is 0.259 e. The molecule has 224 valence electrons. The fourth-order valence-electron chi connectivity index (χ4n) is 5.90. The van der Waals surface area contributed by atoms with Crippen LogP contribution < -0.4 is 19.3 Å². The standard InChI is InChI=1S/C37H30FN3O4/c1-24-20-40(33-19-29(38)13-15-30(24)33)36(42)27-12-14-31-28(18-27)21-41(37(31)43)32-16-17-34(44-22-25-8-4-2-5-9-25)39-35(32)45-23-26-10-6-3-7-11-26/h2-19,24H,20-23H2,1H3. The van der Waals surface area contributed by atoms with Gasteiger partial charge in [0, 0.05) is 29.7 Å². The summed E-state index contributed by atoms with van der Waals surface area (Å²) in [5, 5.41) is 0. The number of anilines is 2. The Labute approximate surface area is 260 Å². The first-order chi connectivity index (χ1) is 21.9. The van der Waals surface area contributed by atoms with Crippen molar-refractivity contribution in [3.05, 3.63) is 148 Å². The predicted octanol–water partition coefficient (Wildman–Crippen LogP) is 7.30. The summed E-state index contributed by atoms with van der Waals surface area (Å²) in [4.78, 5) is 35.2. The molecule has 0 saturated heterocycles. The van der Waals surface area contributed by atoms with E-state index in [0.717, 1.165) is 22.3 Å². The Balaban J connectivity index is 1.15. The number of carbonyl (C=O) groups excluding carboxylic acids is 2. The second-order valence-electron chi connectivity index (χ2n) is 11.3. The van der Waals surface area contributed by atoms with Crippen LogP contribution in [0.1, 0.15) is 55.8 Å². The zero-order chi connectivity index (χ0) is 30.9. The van der Waals surface area contributed by atoms with Crippen molar-refractivity contribution in [1.82, 2.24) is 4.98 Å². The van der Waals surface area contributed by atoms with Gasteiger partial charge in [0.15, 0.2) is 0 Å².